The largest absolute Gasteiger partial charge is 0.460 e. The molecule has 0 spiro atoms. The Balaban J connectivity index is 1.58. The van der Waals surface area contributed by atoms with Crippen molar-refractivity contribution in [3.63, 3.8) is 0 Å². The monoisotopic (exact) mass is 400 g/mol. The third-order valence-corrected chi connectivity index (χ3v) is 4.48. The number of aliphatic hydroxyl groups excluding tert-OH is 1. The van der Waals surface area contributed by atoms with E-state index in [2.05, 4.69) is 15.6 Å². The predicted octanol–water partition coefficient (Wildman–Crippen LogP) is 3.62. The van der Waals surface area contributed by atoms with E-state index >= 15 is 0 Å². The maximum Gasteiger partial charge on any atom is 0.273 e. The van der Waals surface area contributed by atoms with Crippen LogP contribution in [0.2, 0.25) is 0 Å². The number of furan rings is 1. The summed E-state index contributed by atoms with van der Waals surface area (Å²) in [6, 6.07) is 22.0. The lowest BCUT2D eigenvalue weighted by molar-refractivity contribution is -0.129. The number of benzene rings is 2. The lowest BCUT2D eigenvalue weighted by Gasteiger charge is -2.08. The molecular formula is C23H20N4O3. The van der Waals surface area contributed by atoms with Gasteiger partial charge in [-0.25, -0.2) is 10.1 Å². The molecule has 0 radical (unpaired) electrons. The summed E-state index contributed by atoms with van der Waals surface area (Å²) in [5, 5.41) is 18.8. The van der Waals surface area contributed by atoms with Gasteiger partial charge in [0.15, 0.2) is 11.9 Å². The van der Waals surface area contributed by atoms with Gasteiger partial charge in [-0.15, -0.1) is 0 Å². The standard InChI is InChI=1S/C23H20N4O3/c1-16-12-13-20(30-16)21-18(15-27(26-21)19-10-6-3-7-11-19)14-24-25-23(29)22(28)17-8-4-2-5-9-17/h2-15,22,28H,1H3,(H,25,29)/b24-14-/t22-/m1/s1. The summed E-state index contributed by atoms with van der Waals surface area (Å²) in [4.78, 5) is 12.2. The van der Waals surface area contributed by atoms with Gasteiger partial charge >= 0.3 is 0 Å². The van der Waals surface area contributed by atoms with E-state index in [1.165, 1.54) is 6.21 Å². The number of nitrogens with one attached hydrogen (secondary N) is 1. The Morgan fingerprint density at radius 1 is 1.10 bits per heavy atom. The number of rotatable bonds is 6. The molecule has 1 atom stereocenters. The molecule has 0 aliphatic heterocycles. The first-order valence-electron chi connectivity index (χ1n) is 9.39. The van der Waals surface area contributed by atoms with Gasteiger partial charge < -0.3 is 9.52 Å². The molecule has 7 heteroatoms. The van der Waals surface area contributed by atoms with Gasteiger partial charge in [0, 0.05) is 11.8 Å². The molecule has 0 fully saturated rings. The van der Waals surface area contributed by atoms with Crippen LogP contribution in [0.25, 0.3) is 17.1 Å². The minimum atomic E-state index is -1.30. The molecule has 4 aromatic rings. The molecule has 0 aliphatic rings. The molecular weight excluding hydrogens is 380 g/mol. The Morgan fingerprint density at radius 3 is 2.47 bits per heavy atom. The van der Waals surface area contributed by atoms with Crippen molar-refractivity contribution in [2.24, 2.45) is 5.10 Å². The molecule has 0 unspecified atom stereocenters. The third kappa shape index (κ3) is 4.21. The molecule has 2 aromatic heterocycles. The number of aliphatic hydroxyl groups is 1. The van der Waals surface area contributed by atoms with Crippen LogP contribution in [0.4, 0.5) is 0 Å². The first-order chi connectivity index (χ1) is 14.6. The van der Waals surface area contributed by atoms with Crippen molar-refractivity contribution in [2.45, 2.75) is 13.0 Å². The first kappa shape index (κ1) is 19.4. The Morgan fingerprint density at radius 2 is 1.80 bits per heavy atom. The van der Waals surface area contributed by atoms with E-state index in [-0.39, 0.29) is 0 Å². The fourth-order valence-electron chi connectivity index (χ4n) is 2.96. The number of carbonyl (C=O) groups excluding carboxylic acids is 1. The summed E-state index contributed by atoms with van der Waals surface area (Å²) in [6.07, 6.45) is 1.98. The summed E-state index contributed by atoms with van der Waals surface area (Å²) < 4.78 is 7.44. The van der Waals surface area contributed by atoms with Crippen molar-refractivity contribution in [3.05, 3.63) is 95.9 Å². The van der Waals surface area contributed by atoms with Gasteiger partial charge in [0.05, 0.1) is 11.9 Å². The molecule has 2 N–H and O–H groups in total. The minimum Gasteiger partial charge on any atom is -0.460 e. The lowest BCUT2D eigenvalue weighted by atomic mass is 10.1. The molecule has 2 aromatic carbocycles. The molecule has 30 heavy (non-hydrogen) atoms. The second-order valence-corrected chi connectivity index (χ2v) is 6.67. The number of aromatic nitrogens is 2. The van der Waals surface area contributed by atoms with Crippen LogP contribution in [-0.4, -0.2) is 27.0 Å². The van der Waals surface area contributed by atoms with Crippen LogP contribution in [0.1, 0.15) is 23.0 Å². The number of hydrogen-bond donors (Lipinski definition) is 2. The van der Waals surface area contributed by atoms with Gasteiger partial charge in [0.2, 0.25) is 0 Å². The van der Waals surface area contributed by atoms with Crippen molar-refractivity contribution in [1.29, 1.82) is 0 Å². The summed E-state index contributed by atoms with van der Waals surface area (Å²) in [7, 11) is 0. The molecule has 1 amide bonds. The molecule has 0 aliphatic carbocycles. The van der Waals surface area contributed by atoms with Crippen molar-refractivity contribution in [2.75, 3.05) is 0 Å². The summed E-state index contributed by atoms with van der Waals surface area (Å²) >= 11 is 0. The van der Waals surface area contributed by atoms with Crippen LogP contribution < -0.4 is 5.43 Å². The highest BCUT2D eigenvalue weighted by molar-refractivity contribution is 5.89. The highest BCUT2D eigenvalue weighted by atomic mass is 16.3. The van der Waals surface area contributed by atoms with Crippen molar-refractivity contribution in [1.82, 2.24) is 15.2 Å². The Kier molecular flexibility index (Phi) is 5.54. The fourth-order valence-corrected chi connectivity index (χ4v) is 2.96. The van der Waals surface area contributed by atoms with Crippen molar-refractivity contribution in [3.8, 4) is 17.1 Å². The third-order valence-electron chi connectivity index (χ3n) is 4.48. The smallest absolute Gasteiger partial charge is 0.273 e. The van der Waals surface area contributed by atoms with Crippen LogP contribution >= 0.6 is 0 Å². The zero-order valence-electron chi connectivity index (χ0n) is 16.3. The summed E-state index contributed by atoms with van der Waals surface area (Å²) in [5.41, 5.74) is 5.00. The lowest BCUT2D eigenvalue weighted by Crippen LogP contribution is -2.25. The summed E-state index contributed by atoms with van der Waals surface area (Å²) in [6.45, 7) is 1.86. The van der Waals surface area contributed by atoms with E-state index in [4.69, 9.17) is 4.42 Å². The number of aryl methyl sites for hydroxylation is 1. The maximum atomic E-state index is 12.2. The van der Waals surface area contributed by atoms with E-state index in [9.17, 15) is 9.90 Å². The van der Waals surface area contributed by atoms with Crippen LogP contribution in [0.3, 0.4) is 0 Å². The fraction of sp³-hybridized carbons (Fsp3) is 0.0870. The Hall–Kier alpha value is -3.97. The number of para-hydroxylation sites is 1. The van der Waals surface area contributed by atoms with Gasteiger partial charge in [-0.2, -0.15) is 10.2 Å². The number of amides is 1. The minimum absolute atomic E-state index is 0.494. The van der Waals surface area contributed by atoms with E-state index < -0.39 is 12.0 Å². The second kappa shape index (κ2) is 8.59. The average molecular weight is 400 g/mol. The van der Waals surface area contributed by atoms with Gasteiger partial charge in [-0.3, -0.25) is 4.79 Å². The second-order valence-electron chi connectivity index (χ2n) is 6.67. The van der Waals surface area contributed by atoms with Gasteiger partial charge in [0.25, 0.3) is 5.91 Å². The number of hydrogen-bond acceptors (Lipinski definition) is 5. The van der Waals surface area contributed by atoms with Crippen LogP contribution in [-0.2, 0) is 4.79 Å². The molecule has 0 saturated carbocycles. The molecule has 2 heterocycles. The quantitative estimate of drug-likeness (QED) is 0.382. The van der Waals surface area contributed by atoms with E-state index in [0.29, 0.717) is 22.6 Å². The molecule has 0 bridgehead atoms. The van der Waals surface area contributed by atoms with Crippen LogP contribution in [0.15, 0.2) is 88.5 Å². The van der Waals surface area contributed by atoms with Gasteiger partial charge in [0.1, 0.15) is 11.5 Å². The van der Waals surface area contributed by atoms with Crippen molar-refractivity contribution < 1.29 is 14.3 Å². The normalized spacial score (nSPS) is 12.2. The zero-order valence-corrected chi connectivity index (χ0v) is 16.3. The highest BCUT2D eigenvalue weighted by Gasteiger charge is 2.17. The van der Waals surface area contributed by atoms with Gasteiger partial charge in [-0.05, 0) is 36.8 Å². The molecule has 150 valence electrons. The molecule has 4 rings (SSSR count). The Labute approximate surface area is 173 Å². The zero-order chi connectivity index (χ0) is 20.9. The number of carbonyl (C=O) groups is 1. The first-order valence-corrected chi connectivity index (χ1v) is 9.39. The van der Waals surface area contributed by atoms with E-state index in [1.807, 2.05) is 55.5 Å². The molecule has 0 saturated heterocycles. The van der Waals surface area contributed by atoms with E-state index in [1.54, 1.807) is 35.1 Å². The highest BCUT2D eigenvalue weighted by Crippen LogP contribution is 2.24. The van der Waals surface area contributed by atoms with Crippen LogP contribution in [0.5, 0.6) is 0 Å². The molecule has 7 nitrogen and oxygen atoms in total. The predicted molar refractivity (Wildman–Crippen MR) is 113 cm³/mol. The topological polar surface area (TPSA) is 92.7 Å². The average Bonchev–Trinajstić information content (AvgIpc) is 3.40. The number of nitrogens with zero attached hydrogens (tertiary/aromatic N) is 3. The van der Waals surface area contributed by atoms with E-state index in [0.717, 1.165) is 11.4 Å². The summed E-state index contributed by atoms with van der Waals surface area (Å²) in [5.74, 6) is 0.740. The van der Waals surface area contributed by atoms with Crippen molar-refractivity contribution >= 4 is 12.1 Å². The maximum absolute atomic E-state index is 12.2. The SMILES string of the molecule is Cc1ccc(-c2nn(-c3ccccc3)cc2/C=N\NC(=O)[C@H](O)c2ccccc2)o1. The number of hydrazone groups is 1. The Bertz CT molecular complexity index is 1160. The van der Waals surface area contributed by atoms with Gasteiger partial charge in [-0.1, -0.05) is 48.5 Å². The van der Waals surface area contributed by atoms with Crippen LogP contribution in [0, 0.1) is 6.92 Å².